The molecule has 3 nitrogen and oxygen atoms in total. The van der Waals surface area contributed by atoms with Crippen molar-refractivity contribution in [1.29, 1.82) is 0 Å². The van der Waals surface area contributed by atoms with E-state index in [0.29, 0.717) is 6.08 Å². The first-order valence-corrected chi connectivity index (χ1v) is 7.40. The van der Waals surface area contributed by atoms with Gasteiger partial charge in [0.05, 0.1) is 5.56 Å². The first-order chi connectivity index (χ1) is 12.6. The summed E-state index contributed by atoms with van der Waals surface area (Å²) < 4.78 is 85.1. The summed E-state index contributed by atoms with van der Waals surface area (Å²) >= 11 is 0. The van der Waals surface area contributed by atoms with Crippen molar-refractivity contribution in [2.75, 3.05) is 0 Å². The lowest BCUT2D eigenvalue weighted by Crippen LogP contribution is -2.34. The van der Waals surface area contributed by atoms with Crippen LogP contribution in [0, 0.1) is 11.8 Å². The zero-order valence-corrected chi connectivity index (χ0v) is 13.2. The first kappa shape index (κ1) is 18.6. The molecular formula is C18H9F6NO2. The Hall–Kier alpha value is -3.15. The third-order valence-corrected chi connectivity index (χ3v) is 3.33. The van der Waals surface area contributed by atoms with Crippen LogP contribution in [-0.2, 0) is 0 Å². The zero-order chi connectivity index (χ0) is 19.7. The molecule has 0 fully saturated rings. The monoisotopic (exact) mass is 385 g/mol. The molecule has 1 aromatic heterocycles. The summed E-state index contributed by atoms with van der Waals surface area (Å²) in [6, 6.07) is 6.60. The van der Waals surface area contributed by atoms with Gasteiger partial charge in [-0.25, -0.2) is 4.98 Å². The molecule has 0 spiro atoms. The highest BCUT2D eigenvalue weighted by molar-refractivity contribution is 5.68. The van der Waals surface area contributed by atoms with Gasteiger partial charge in [0, 0.05) is 11.8 Å². The van der Waals surface area contributed by atoms with Crippen LogP contribution in [0.25, 0.3) is 6.08 Å². The summed E-state index contributed by atoms with van der Waals surface area (Å²) in [5.41, 5.74) is 0.0886. The van der Waals surface area contributed by atoms with Crippen LogP contribution in [0.4, 0.5) is 26.3 Å². The Morgan fingerprint density at radius 2 is 1.81 bits per heavy atom. The van der Waals surface area contributed by atoms with Crippen LogP contribution >= 0.6 is 0 Å². The highest BCUT2D eigenvalue weighted by Crippen LogP contribution is 2.38. The molecule has 0 amide bonds. The number of ether oxygens (including phenoxy) is 2. The number of benzene rings is 1. The van der Waals surface area contributed by atoms with E-state index in [1.165, 1.54) is 12.3 Å². The molecule has 1 aromatic carbocycles. The largest absolute Gasteiger partial charge is 0.573 e. The van der Waals surface area contributed by atoms with Gasteiger partial charge in [-0.2, -0.15) is 13.2 Å². The Kier molecular flexibility index (Phi) is 4.74. The number of alkyl halides is 6. The molecule has 1 aliphatic rings. The summed E-state index contributed by atoms with van der Waals surface area (Å²) in [5.74, 6) is 4.17. The van der Waals surface area contributed by atoms with Crippen LogP contribution in [-0.4, -0.2) is 23.6 Å². The minimum absolute atomic E-state index is 0.0115. The standard InChI is InChI=1S/C18H9F6NO2/c19-17(20,21)15-7-5-12-10-14(27-18(22,23)24)9-11(16(12)26-15)4-6-13-3-1-2-8-25-13/h1-3,5,7-10,15H. The smallest absolute Gasteiger partial charge is 0.475 e. The lowest BCUT2D eigenvalue weighted by atomic mass is 10.0. The molecule has 0 radical (unpaired) electrons. The fraction of sp³-hybridized carbons (Fsp3) is 0.167. The molecule has 2 heterocycles. The normalized spacial score (nSPS) is 16.0. The summed E-state index contributed by atoms with van der Waals surface area (Å²) in [7, 11) is 0. The molecule has 2 aromatic rings. The third kappa shape index (κ3) is 4.73. The van der Waals surface area contributed by atoms with E-state index < -0.39 is 24.4 Å². The number of hydrogen-bond acceptors (Lipinski definition) is 3. The first-order valence-electron chi connectivity index (χ1n) is 7.40. The molecule has 0 saturated carbocycles. The Morgan fingerprint density at radius 3 is 2.44 bits per heavy atom. The number of halogens is 6. The van der Waals surface area contributed by atoms with E-state index in [4.69, 9.17) is 4.74 Å². The lowest BCUT2D eigenvalue weighted by molar-refractivity contribution is -0.274. The fourth-order valence-corrected chi connectivity index (χ4v) is 2.27. The number of hydrogen-bond donors (Lipinski definition) is 0. The maximum atomic E-state index is 12.9. The van der Waals surface area contributed by atoms with E-state index in [-0.39, 0.29) is 22.6 Å². The highest BCUT2D eigenvalue weighted by atomic mass is 19.4. The van der Waals surface area contributed by atoms with Gasteiger partial charge in [-0.3, -0.25) is 0 Å². The Morgan fingerprint density at radius 1 is 1.04 bits per heavy atom. The maximum Gasteiger partial charge on any atom is 0.573 e. The molecule has 9 heteroatoms. The topological polar surface area (TPSA) is 31.4 Å². The van der Waals surface area contributed by atoms with Gasteiger partial charge in [-0.1, -0.05) is 18.1 Å². The van der Waals surface area contributed by atoms with Crippen molar-refractivity contribution >= 4 is 6.08 Å². The predicted octanol–water partition coefficient (Wildman–Crippen LogP) is 4.72. The van der Waals surface area contributed by atoms with Crippen molar-refractivity contribution in [1.82, 2.24) is 4.98 Å². The maximum absolute atomic E-state index is 12.9. The molecule has 1 atom stereocenters. The second-order valence-corrected chi connectivity index (χ2v) is 5.34. The average molecular weight is 385 g/mol. The van der Waals surface area contributed by atoms with E-state index >= 15 is 0 Å². The van der Waals surface area contributed by atoms with Gasteiger partial charge >= 0.3 is 12.5 Å². The van der Waals surface area contributed by atoms with Crippen LogP contribution in [0.15, 0.2) is 42.6 Å². The quantitative estimate of drug-likeness (QED) is 0.526. The Labute approximate surface area is 149 Å². The summed E-state index contributed by atoms with van der Waals surface area (Å²) in [5, 5.41) is 0. The molecular weight excluding hydrogens is 376 g/mol. The molecule has 3 rings (SSSR count). The third-order valence-electron chi connectivity index (χ3n) is 3.33. The Balaban J connectivity index is 2.06. The van der Waals surface area contributed by atoms with Crippen molar-refractivity contribution in [3.05, 3.63) is 59.4 Å². The minimum Gasteiger partial charge on any atom is -0.475 e. The molecule has 140 valence electrons. The van der Waals surface area contributed by atoms with Crippen LogP contribution in [0.2, 0.25) is 0 Å². The van der Waals surface area contributed by atoms with Crippen molar-refractivity contribution < 1.29 is 35.8 Å². The van der Waals surface area contributed by atoms with E-state index in [1.807, 2.05) is 0 Å². The van der Waals surface area contributed by atoms with Crippen molar-refractivity contribution in [3.8, 4) is 23.3 Å². The number of fused-ring (bicyclic) bond motifs is 1. The predicted molar refractivity (Wildman–Crippen MR) is 82.8 cm³/mol. The highest BCUT2D eigenvalue weighted by Gasteiger charge is 2.42. The van der Waals surface area contributed by atoms with Gasteiger partial charge in [0.2, 0.25) is 6.10 Å². The molecule has 1 unspecified atom stereocenters. The van der Waals surface area contributed by atoms with Crippen LogP contribution in [0.1, 0.15) is 16.8 Å². The molecule has 0 N–H and O–H groups in total. The SMILES string of the molecule is FC(F)(F)Oc1cc(C#Cc2ccccn2)c2c(c1)C=CC(C(F)(F)F)O2. The number of aromatic nitrogens is 1. The van der Waals surface area contributed by atoms with Gasteiger partial charge in [0.15, 0.2) is 0 Å². The molecule has 0 aliphatic carbocycles. The van der Waals surface area contributed by atoms with Gasteiger partial charge in [-0.05, 0) is 36.3 Å². The van der Waals surface area contributed by atoms with Crippen molar-refractivity contribution in [2.24, 2.45) is 0 Å². The van der Waals surface area contributed by atoms with Crippen LogP contribution in [0.3, 0.4) is 0 Å². The van der Waals surface area contributed by atoms with E-state index in [0.717, 1.165) is 18.2 Å². The number of pyridine rings is 1. The van der Waals surface area contributed by atoms with Crippen molar-refractivity contribution in [3.63, 3.8) is 0 Å². The van der Waals surface area contributed by atoms with E-state index in [2.05, 4.69) is 21.6 Å². The van der Waals surface area contributed by atoms with Gasteiger partial charge < -0.3 is 9.47 Å². The lowest BCUT2D eigenvalue weighted by Gasteiger charge is -2.25. The van der Waals surface area contributed by atoms with Crippen LogP contribution < -0.4 is 9.47 Å². The second kappa shape index (κ2) is 6.87. The summed E-state index contributed by atoms with van der Waals surface area (Å²) in [6.07, 6.45) is -8.70. The van der Waals surface area contributed by atoms with E-state index in [9.17, 15) is 26.3 Å². The average Bonchev–Trinajstić information content (AvgIpc) is 2.58. The molecule has 0 saturated heterocycles. The Bertz CT molecular complexity index is 923. The van der Waals surface area contributed by atoms with E-state index in [1.54, 1.807) is 12.1 Å². The number of nitrogens with zero attached hydrogens (tertiary/aromatic N) is 1. The van der Waals surface area contributed by atoms with Gasteiger partial charge in [-0.15, -0.1) is 13.2 Å². The molecule has 0 bridgehead atoms. The molecule has 1 aliphatic heterocycles. The minimum atomic E-state index is -4.96. The van der Waals surface area contributed by atoms with Gasteiger partial charge in [0.25, 0.3) is 0 Å². The van der Waals surface area contributed by atoms with Crippen LogP contribution in [0.5, 0.6) is 11.5 Å². The van der Waals surface area contributed by atoms with Crippen molar-refractivity contribution in [2.45, 2.75) is 18.6 Å². The fourth-order valence-electron chi connectivity index (χ4n) is 2.27. The summed E-state index contributed by atoms with van der Waals surface area (Å²) in [4.78, 5) is 3.92. The summed E-state index contributed by atoms with van der Waals surface area (Å²) in [6.45, 7) is 0. The van der Waals surface area contributed by atoms with Gasteiger partial charge in [0.1, 0.15) is 17.2 Å². The number of rotatable bonds is 1. The zero-order valence-electron chi connectivity index (χ0n) is 13.2. The molecule has 27 heavy (non-hydrogen) atoms. The second-order valence-electron chi connectivity index (χ2n) is 5.34.